The van der Waals surface area contributed by atoms with Gasteiger partial charge in [0.25, 0.3) is 0 Å². The van der Waals surface area contributed by atoms with Gasteiger partial charge in [-0.25, -0.2) is 0 Å². The quantitative estimate of drug-likeness (QED) is 0.697. The van der Waals surface area contributed by atoms with Crippen molar-refractivity contribution in [2.75, 3.05) is 40.0 Å². The molecule has 0 radical (unpaired) electrons. The number of amides is 2. The first-order valence-electron chi connectivity index (χ1n) is 6.94. The molecule has 0 bridgehead atoms. The minimum atomic E-state index is -4.56. The Bertz CT molecular complexity index is 562. The number of rotatable bonds is 7. The molecule has 0 atom stereocenters. The van der Waals surface area contributed by atoms with Crippen LogP contribution in [0.2, 0.25) is 0 Å². The van der Waals surface area contributed by atoms with E-state index in [9.17, 15) is 22.8 Å². The number of benzene rings is 1. The lowest BCUT2D eigenvalue weighted by atomic mass is 10.3. The second-order valence-electron chi connectivity index (χ2n) is 5.12. The molecule has 0 heterocycles. The first-order chi connectivity index (χ1) is 11.1. The zero-order chi connectivity index (χ0) is 18.3. The fourth-order valence-electron chi connectivity index (χ4n) is 1.66. The highest BCUT2D eigenvalue weighted by Gasteiger charge is 2.34. The normalized spacial score (nSPS) is 11.1. The summed E-state index contributed by atoms with van der Waals surface area (Å²) in [6.45, 7) is -2.05. The van der Waals surface area contributed by atoms with Gasteiger partial charge in [-0.3, -0.25) is 9.59 Å². The molecule has 0 aliphatic heterocycles. The molecule has 0 aromatic heterocycles. The maximum atomic E-state index is 12.6. The van der Waals surface area contributed by atoms with Gasteiger partial charge in [0.15, 0.2) is 0 Å². The second kappa shape index (κ2) is 8.81. The van der Waals surface area contributed by atoms with E-state index in [0.29, 0.717) is 10.6 Å². The fraction of sp³-hybridized carbons (Fsp3) is 0.467. The Kier molecular flexibility index (Phi) is 7.40. The third-order valence-corrected chi connectivity index (χ3v) is 3.97. The summed E-state index contributed by atoms with van der Waals surface area (Å²) in [5, 5.41) is 0. The molecular weight excluding hydrogens is 345 g/mol. The molecule has 0 unspecified atom stereocenters. The molecule has 134 valence electrons. The number of alkyl halides is 3. The van der Waals surface area contributed by atoms with Crippen molar-refractivity contribution in [2.24, 2.45) is 0 Å². The Morgan fingerprint density at radius 1 is 1.12 bits per heavy atom. The van der Waals surface area contributed by atoms with E-state index in [0.717, 1.165) is 21.6 Å². The predicted molar refractivity (Wildman–Crippen MR) is 85.0 cm³/mol. The summed E-state index contributed by atoms with van der Waals surface area (Å²) in [5.41, 5.74) is 0. The van der Waals surface area contributed by atoms with Crippen molar-refractivity contribution in [3.05, 3.63) is 24.3 Å². The Morgan fingerprint density at radius 2 is 1.71 bits per heavy atom. The molecule has 0 saturated heterocycles. The minimum Gasteiger partial charge on any atom is -0.497 e. The van der Waals surface area contributed by atoms with Gasteiger partial charge in [-0.2, -0.15) is 13.2 Å². The SMILES string of the molecule is COc1ccc(SCC(=O)N(CC(=O)N(C)C)CC(F)(F)F)cc1. The van der Waals surface area contributed by atoms with E-state index in [4.69, 9.17) is 4.74 Å². The summed E-state index contributed by atoms with van der Waals surface area (Å²) in [5.74, 6) is -0.866. The first-order valence-corrected chi connectivity index (χ1v) is 7.92. The molecule has 1 rings (SSSR count). The van der Waals surface area contributed by atoms with E-state index in [1.807, 2.05) is 0 Å². The van der Waals surface area contributed by atoms with Gasteiger partial charge in [-0.05, 0) is 24.3 Å². The number of thioether (sulfide) groups is 1. The van der Waals surface area contributed by atoms with Crippen LogP contribution in [-0.4, -0.2) is 67.8 Å². The first kappa shape index (κ1) is 20.1. The summed E-state index contributed by atoms with van der Waals surface area (Å²) < 4.78 is 42.9. The van der Waals surface area contributed by atoms with E-state index in [2.05, 4.69) is 0 Å². The number of hydrogen-bond acceptors (Lipinski definition) is 4. The number of likely N-dealkylation sites (N-methyl/N-ethyl adjacent to an activating group) is 1. The van der Waals surface area contributed by atoms with Crippen LogP contribution >= 0.6 is 11.8 Å². The van der Waals surface area contributed by atoms with Crippen LogP contribution in [0.3, 0.4) is 0 Å². The van der Waals surface area contributed by atoms with Crippen LogP contribution in [0.4, 0.5) is 13.2 Å². The lowest BCUT2D eigenvalue weighted by Gasteiger charge is -2.24. The lowest BCUT2D eigenvalue weighted by Crippen LogP contribution is -2.45. The smallest absolute Gasteiger partial charge is 0.406 e. The van der Waals surface area contributed by atoms with Crippen molar-refractivity contribution >= 4 is 23.6 Å². The van der Waals surface area contributed by atoms with Crippen LogP contribution < -0.4 is 4.74 Å². The van der Waals surface area contributed by atoms with Gasteiger partial charge in [-0.15, -0.1) is 11.8 Å². The molecule has 9 heteroatoms. The molecule has 1 aromatic rings. The fourth-order valence-corrected chi connectivity index (χ4v) is 2.46. The van der Waals surface area contributed by atoms with E-state index in [1.165, 1.54) is 21.2 Å². The Balaban J connectivity index is 2.70. The number of ether oxygens (including phenoxy) is 1. The minimum absolute atomic E-state index is 0.191. The highest BCUT2D eigenvalue weighted by atomic mass is 32.2. The number of carbonyl (C=O) groups excluding carboxylic acids is 2. The number of hydrogen-bond donors (Lipinski definition) is 0. The van der Waals surface area contributed by atoms with Gasteiger partial charge in [0.1, 0.15) is 18.8 Å². The van der Waals surface area contributed by atoms with Gasteiger partial charge in [0.2, 0.25) is 11.8 Å². The van der Waals surface area contributed by atoms with Gasteiger partial charge >= 0.3 is 6.18 Å². The highest BCUT2D eigenvalue weighted by Crippen LogP contribution is 2.23. The molecule has 2 amide bonds. The van der Waals surface area contributed by atoms with E-state index in [-0.39, 0.29) is 5.75 Å². The molecule has 0 aliphatic carbocycles. The zero-order valence-corrected chi connectivity index (χ0v) is 14.4. The monoisotopic (exact) mass is 364 g/mol. The summed E-state index contributed by atoms with van der Waals surface area (Å²) in [6, 6.07) is 6.79. The van der Waals surface area contributed by atoms with E-state index >= 15 is 0 Å². The maximum absolute atomic E-state index is 12.6. The second-order valence-corrected chi connectivity index (χ2v) is 6.17. The van der Waals surface area contributed by atoms with Crippen LogP contribution in [0.5, 0.6) is 5.75 Å². The van der Waals surface area contributed by atoms with Crippen LogP contribution in [-0.2, 0) is 9.59 Å². The third kappa shape index (κ3) is 7.12. The number of carbonyl (C=O) groups is 2. The average Bonchev–Trinajstić information content (AvgIpc) is 2.50. The molecule has 0 saturated carbocycles. The van der Waals surface area contributed by atoms with Gasteiger partial charge in [-0.1, -0.05) is 0 Å². The molecule has 0 fully saturated rings. The van der Waals surface area contributed by atoms with Crippen molar-refractivity contribution in [2.45, 2.75) is 11.1 Å². The summed E-state index contributed by atoms with van der Waals surface area (Å²) in [7, 11) is 4.36. The largest absolute Gasteiger partial charge is 0.497 e. The van der Waals surface area contributed by atoms with Crippen molar-refractivity contribution in [3.8, 4) is 5.75 Å². The van der Waals surface area contributed by atoms with Crippen molar-refractivity contribution in [3.63, 3.8) is 0 Å². The number of methoxy groups -OCH3 is 1. The topological polar surface area (TPSA) is 49.9 Å². The van der Waals surface area contributed by atoms with Crippen LogP contribution in [0.25, 0.3) is 0 Å². The Morgan fingerprint density at radius 3 is 2.17 bits per heavy atom. The van der Waals surface area contributed by atoms with Gasteiger partial charge < -0.3 is 14.5 Å². The third-order valence-electron chi connectivity index (χ3n) is 2.97. The van der Waals surface area contributed by atoms with Crippen molar-refractivity contribution < 1.29 is 27.5 Å². The van der Waals surface area contributed by atoms with Crippen LogP contribution in [0, 0.1) is 0 Å². The van der Waals surface area contributed by atoms with E-state index in [1.54, 1.807) is 24.3 Å². The average molecular weight is 364 g/mol. The predicted octanol–water partition coefficient (Wildman–Crippen LogP) is 2.27. The molecule has 0 aliphatic rings. The number of nitrogens with zero attached hydrogens (tertiary/aromatic N) is 2. The Labute approximate surface area is 142 Å². The van der Waals surface area contributed by atoms with Crippen molar-refractivity contribution in [1.29, 1.82) is 0 Å². The highest BCUT2D eigenvalue weighted by molar-refractivity contribution is 8.00. The molecule has 0 spiro atoms. The number of halogens is 3. The standard InChI is InChI=1S/C15H19F3N2O3S/c1-19(2)13(21)8-20(10-15(16,17)18)14(22)9-24-12-6-4-11(23-3)5-7-12/h4-7H,8-10H2,1-3H3. The molecule has 5 nitrogen and oxygen atoms in total. The molecule has 0 N–H and O–H groups in total. The van der Waals surface area contributed by atoms with Gasteiger partial charge in [0, 0.05) is 19.0 Å². The summed E-state index contributed by atoms with van der Waals surface area (Å²) in [4.78, 5) is 26.1. The van der Waals surface area contributed by atoms with Crippen molar-refractivity contribution in [1.82, 2.24) is 9.80 Å². The summed E-state index contributed by atoms with van der Waals surface area (Å²) in [6.07, 6.45) is -4.56. The Hall–Kier alpha value is -1.90. The maximum Gasteiger partial charge on any atom is 0.406 e. The lowest BCUT2D eigenvalue weighted by molar-refractivity contribution is -0.162. The summed E-state index contributed by atoms with van der Waals surface area (Å²) >= 11 is 1.10. The van der Waals surface area contributed by atoms with Gasteiger partial charge in [0.05, 0.1) is 12.9 Å². The van der Waals surface area contributed by atoms with Crippen LogP contribution in [0.15, 0.2) is 29.2 Å². The van der Waals surface area contributed by atoms with E-state index < -0.39 is 31.1 Å². The molecule has 1 aromatic carbocycles. The molecule has 24 heavy (non-hydrogen) atoms. The zero-order valence-electron chi connectivity index (χ0n) is 13.6. The van der Waals surface area contributed by atoms with Crippen LogP contribution in [0.1, 0.15) is 0 Å². The molecular formula is C15H19F3N2O3S.